The van der Waals surface area contributed by atoms with Gasteiger partial charge in [-0.2, -0.15) is 0 Å². The van der Waals surface area contributed by atoms with Gasteiger partial charge in [-0.3, -0.25) is 0 Å². The average Bonchev–Trinajstić information content (AvgIpc) is 3.47. The molecule has 0 aliphatic rings. The average molecular weight is 582 g/mol. The lowest BCUT2D eigenvalue weighted by atomic mass is 9.98. The first-order valence-corrected chi connectivity index (χ1v) is 14.5. The third-order valence-corrected chi connectivity index (χ3v) is 7.51. The zero-order chi connectivity index (χ0) is 29.5. The van der Waals surface area contributed by atoms with E-state index < -0.39 is 28.7 Å². The summed E-state index contributed by atoms with van der Waals surface area (Å²) in [6, 6.07) is 16.2. The van der Waals surface area contributed by atoms with Crippen LogP contribution in [0.5, 0.6) is 5.75 Å². The van der Waals surface area contributed by atoms with Gasteiger partial charge in [0.2, 0.25) is 0 Å². The highest BCUT2D eigenvalue weighted by molar-refractivity contribution is 7.90. The number of hydrogen-bond donors (Lipinski definition) is 0. The van der Waals surface area contributed by atoms with E-state index in [9.17, 15) is 21.6 Å². The highest BCUT2D eigenvalue weighted by Crippen LogP contribution is 2.39. The number of oxazole rings is 1. The summed E-state index contributed by atoms with van der Waals surface area (Å²) >= 11 is 0. The van der Waals surface area contributed by atoms with Gasteiger partial charge in [0.25, 0.3) is 6.43 Å². The molecule has 3 aromatic carbocycles. The Balaban J connectivity index is 1.69. The number of imidazole rings is 1. The predicted molar refractivity (Wildman–Crippen MR) is 149 cm³/mol. The minimum absolute atomic E-state index is 0.185. The molecule has 5 rings (SSSR count). The molecule has 7 nitrogen and oxygen atoms in total. The molecule has 0 unspecified atom stereocenters. The van der Waals surface area contributed by atoms with Gasteiger partial charge in [0, 0.05) is 30.5 Å². The van der Waals surface area contributed by atoms with Crippen molar-refractivity contribution in [3.05, 3.63) is 90.1 Å². The molecule has 0 aliphatic carbocycles. The summed E-state index contributed by atoms with van der Waals surface area (Å²) in [6.45, 7) is 4.47. The molecule has 41 heavy (non-hydrogen) atoms. The molecule has 2 heterocycles. The van der Waals surface area contributed by atoms with Crippen molar-refractivity contribution in [3.63, 3.8) is 0 Å². The Morgan fingerprint density at radius 2 is 1.68 bits per heavy atom. The molecule has 0 N–H and O–H groups in total. The van der Waals surface area contributed by atoms with Crippen molar-refractivity contribution in [2.45, 2.75) is 32.1 Å². The second-order valence-electron chi connectivity index (χ2n) is 9.59. The second-order valence-corrected chi connectivity index (χ2v) is 11.6. The van der Waals surface area contributed by atoms with Crippen LogP contribution in [-0.4, -0.2) is 42.2 Å². The van der Waals surface area contributed by atoms with Gasteiger partial charge in [0.15, 0.2) is 33.1 Å². The lowest BCUT2D eigenvalue weighted by Crippen LogP contribution is -2.07. The van der Waals surface area contributed by atoms with E-state index in [-0.39, 0.29) is 16.4 Å². The van der Waals surface area contributed by atoms with E-state index >= 15 is 0 Å². The fourth-order valence-corrected chi connectivity index (χ4v) is 5.27. The number of halogens is 3. The summed E-state index contributed by atoms with van der Waals surface area (Å²) in [5.41, 5.74) is 4.28. The van der Waals surface area contributed by atoms with Crippen molar-refractivity contribution >= 4 is 9.84 Å². The fraction of sp³-hybridized carbons (Fsp3) is 0.200. The quantitative estimate of drug-likeness (QED) is 0.197. The van der Waals surface area contributed by atoms with E-state index in [4.69, 9.17) is 9.15 Å². The molecule has 0 fully saturated rings. The molecule has 0 aliphatic heterocycles. The van der Waals surface area contributed by atoms with Gasteiger partial charge in [-0.15, -0.1) is 0 Å². The molecular weight excluding hydrogens is 555 g/mol. The molecule has 0 atom stereocenters. The van der Waals surface area contributed by atoms with E-state index in [0.29, 0.717) is 28.3 Å². The minimum Gasteiger partial charge on any atom is -0.485 e. The third-order valence-electron chi connectivity index (χ3n) is 6.40. The SMILES string of the molecule is Cc1cn(-c2ccc(-c3cccc(S(C)(=O)=O)c3)cc2-c2nc(C)oc2-c2ccc(OCC(F)F)c(F)c2)c(C)n1. The van der Waals surface area contributed by atoms with Crippen LogP contribution in [0.15, 0.2) is 76.2 Å². The van der Waals surface area contributed by atoms with Crippen LogP contribution in [0.3, 0.4) is 0 Å². The normalized spacial score (nSPS) is 11.8. The lowest BCUT2D eigenvalue weighted by molar-refractivity contribution is 0.0799. The van der Waals surface area contributed by atoms with Crippen LogP contribution < -0.4 is 4.74 Å². The van der Waals surface area contributed by atoms with Crippen molar-refractivity contribution in [2.75, 3.05) is 12.9 Å². The number of nitrogens with zero attached hydrogens (tertiary/aromatic N) is 3. The Labute approximate surface area is 235 Å². The van der Waals surface area contributed by atoms with Crippen LogP contribution in [0.2, 0.25) is 0 Å². The smallest absolute Gasteiger partial charge is 0.272 e. The number of benzene rings is 3. The second kappa shape index (κ2) is 10.9. The van der Waals surface area contributed by atoms with Crippen molar-refractivity contribution < 1.29 is 30.7 Å². The number of sulfone groups is 1. The van der Waals surface area contributed by atoms with Crippen LogP contribution in [0.4, 0.5) is 13.2 Å². The van der Waals surface area contributed by atoms with Gasteiger partial charge in [-0.05, 0) is 67.4 Å². The van der Waals surface area contributed by atoms with Gasteiger partial charge >= 0.3 is 0 Å². The number of hydrogen-bond acceptors (Lipinski definition) is 6. The third kappa shape index (κ3) is 5.90. The van der Waals surface area contributed by atoms with E-state index in [1.807, 2.05) is 48.9 Å². The molecular formula is C30H26F3N3O4S. The summed E-state index contributed by atoms with van der Waals surface area (Å²) in [5.74, 6) is 0.187. The fourth-order valence-electron chi connectivity index (χ4n) is 4.60. The van der Waals surface area contributed by atoms with Crippen LogP contribution >= 0.6 is 0 Å². The molecule has 0 bridgehead atoms. The summed E-state index contributed by atoms with van der Waals surface area (Å²) in [6.07, 6.45) is 0.286. The Bertz CT molecular complexity index is 1860. The minimum atomic E-state index is -3.43. The summed E-state index contributed by atoms with van der Waals surface area (Å²) < 4.78 is 77.1. The van der Waals surface area contributed by atoms with Crippen molar-refractivity contribution in [2.24, 2.45) is 0 Å². The Kier molecular flexibility index (Phi) is 7.48. The molecule has 0 saturated carbocycles. The predicted octanol–water partition coefficient (Wildman–Crippen LogP) is 6.97. The molecule has 2 aromatic heterocycles. The number of aryl methyl sites for hydroxylation is 3. The Hall–Kier alpha value is -4.38. The van der Waals surface area contributed by atoms with Gasteiger partial charge in [0.1, 0.15) is 18.1 Å². The first kappa shape index (κ1) is 28.2. The van der Waals surface area contributed by atoms with Crippen molar-refractivity contribution in [1.82, 2.24) is 14.5 Å². The van der Waals surface area contributed by atoms with Gasteiger partial charge in [0.05, 0.1) is 16.3 Å². The largest absolute Gasteiger partial charge is 0.485 e. The van der Waals surface area contributed by atoms with Gasteiger partial charge in [-0.25, -0.2) is 31.6 Å². The first-order chi connectivity index (χ1) is 19.4. The van der Waals surface area contributed by atoms with E-state index in [1.54, 1.807) is 19.1 Å². The van der Waals surface area contributed by atoms with E-state index in [0.717, 1.165) is 35.1 Å². The number of ether oxygens (including phenoxy) is 1. The van der Waals surface area contributed by atoms with Crippen molar-refractivity contribution in [3.8, 4) is 45.1 Å². The van der Waals surface area contributed by atoms with E-state index in [1.165, 1.54) is 18.2 Å². The number of alkyl halides is 2. The van der Waals surface area contributed by atoms with Gasteiger partial charge < -0.3 is 13.7 Å². The maximum absolute atomic E-state index is 14.9. The van der Waals surface area contributed by atoms with Crippen LogP contribution in [0.25, 0.3) is 39.4 Å². The van der Waals surface area contributed by atoms with Gasteiger partial charge in [-0.1, -0.05) is 18.2 Å². The highest BCUT2D eigenvalue weighted by atomic mass is 32.2. The summed E-state index contributed by atoms with van der Waals surface area (Å²) in [5, 5.41) is 0. The van der Waals surface area contributed by atoms with Crippen LogP contribution in [0, 0.1) is 26.6 Å². The first-order valence-electron chi connectivity index (χ1n) is 12.6. The zero-order valence-electron chi connectivity index (χ0n) is 22.7. The lowest BCUT2D eigenvalue weighted by Gasteiger charge is -2.14. The Morgan fingerprint density at radius 3 is 2.34 bits per heavy atom. The Morgan fingerprint density at radius 1 is 0.951 bits per heavy atom. The molecule has 0 spiro atoms. The topological polar surface area (TPSA) is 87.2 Å². The van der Waals surface area contributed by atoms with Crippen molar-refractivity contribution in [1.29, 1.82) is 0 Å². The number of rotatable bonds is 8. The summed E-state index contributed by atoms with van der Waals surface area (Å²) in [7, 11) is -3.43. The van der Waals surface area contributed by atoms with Crippen LogP contribution in [0.1, 0.15) is 17.4 Å². The molecule has 0 amide bonds. The van der Waals surface area contributed by atoms with Crippen LogP contribution in [-0.2, 0) is 9.84 Å². The van der Waals surface area contributed by atoms with E-state index in [2.05, 4.69) is 9.97 Å². The maximum Gasteiger partial charge on any atom is 0.272 e. The molecule has 11 heteroatoms. The summed E-state index contributed by atoms with van der Waals surface area (Å²) in [4.78, 5) is 9.33. The monoisotopic (exact) mass is 581 g/mol. The number of aromatic nitrogens is 3. The highest BCUT2D eigenvalue weighted by Gasteiger charge is 2.22. The molecule has 0 radical (unpaired) electrons. The molecule has 5 aromatic rings. The zero-order valence-corrected chi connectivity index (χ0v) is 23.5. The maximum atomic E-state index is 14.9. The molecule has 0 saturated heterocycles. The molecule has 212 valence electrons. The standard InChI is InChI=1S/C30H26F3N3O4S/c1-17-15-36(18(2)34-17)26-10-8-21(20-6-5-7-23(12-20)41(4,37)38)13-24(26)29-30(40-19(3)35-29)22-9-11-27(25(31)14-22)39-16-28(32)33/h5-15,28H,16H2,1-4H3.